The number of hydrogen-bond acceptors (Lipinski definition) is 1. The number of halogens is 1. The summed E-state index contributed by atoms with van der Waals surface area (Å²) >= 11 is 3.39. The van der Waals surface area contributed by atoms with Crippen LogP contribution in [0.4, 0.5) is 0 Å². The van der Waals surface area contributed by atoms with Gasteiger partial charge in [-0.2, -0.15) is 0 Å². The van der Waals surface area contributed by atoms with Crippen molar-refractivity contribution < 1.29 is 0 Å². The molecule has 0 aliphatic heterocycles. The minimum absolute atomic E-state index is 0.993. The van der Waals surface area contributed by atoms with E-state index in [-0.39, 0.29) is 0 Å². The Labute approximate surface area is 76.0 Å². The minimum Gasteiger partial charge on any atom is -0.258 e. The van der Waals surface area contributed by atoms with Crippen molar-refractivity contribution >= 4 is 15.9 Å². The molecule has 0 saturated heterocycles. The quantitative estimate of drug-likeness (QED) is 0.704. The van der Waals surface area contributed by atoms with Crippen molar-refractivity contribution in [1.29, 1.82) is 0 Å². The van der Waals surface area contributed by atoms with E-state index in [2.05, 4.69) is 46.0 Å². The smallest absolute Gasteiger partial charge is 0.0415 e. The molecule has 0 aliphatic rings. The van der Waals surface area contributed by atoms with Crippen molar-refractivity contribution in [1.82, 2.24) is 4.98 Å². The van der Waals surface area contributed by atoms with Crippen LogP contribution in [0.25, 0.3) is 0 Å². The van der Waals surface area contributed by atoms with Crippen LogP contribution in [0.2, 0.25) is 0 Å². The third-order valence-corrected chi connectivity index (χ3v) is 1.97. The molecular weight excluding hydrogens is 202 g/mol. The van der Waals surface area contributed by atoms with Gasteiger partial charge in [0.1, 0.15) is 0 Å². The molecule has 11 heavy (non-hydrogen) atoms. The Bertz CT molecular complexity index is 223. The summed E-state index contributed by atoms with van der Waals surface area (Å²) in [7, 11) is 0. The highest BCUT2D eigenvalue weighted by atomic mass is 79.9. The van der Waals surface area contributed by atoms with Crippen molar-refractivity contribution in [3.63, 3.8) is 0 Å². The van der Waals surface area contributed by atoms with Gasteiger partial charge in [-0.3, -0.25) is 4.98 Å². The first-order valence-corrected chi connectivity index (χ1v) is 4.99. The Morgan fingerprint density at radius 1 is 1.36 bits per heavy atom. The molecule has 0 fully saturated rings. The van der Waals surface area contributed by atoms with E-state index < -0.39 is 0 Å². The van der Waals surface area contributed by atoms with Gasteiger partial charge in [-0.05, 0) is 25.0 Å². The van der Waals surface area contributed by atoms with E-state index >= 15 is 0 Å². The zero-order valence-corrected chi connectivity index (χ0v) is 8.26. The summed E-state index contributed by atoms with van der Waals surface area (Å²) in [5.74, 6) is 0. The lowest BCUT2D eigenvalue weighted by atomic mass is 10.2. The molecule has 0 spiro atoms. The Kier molecular flexibility index (Phi) is 3.57. The Hall–Kier alpha value is -0.370. The normalized spacial score (nSPS) is 10.0. The fourth-order valence-corrected chi connectivity index (χ4v) is 1.37. The molecular formula is C9H12BrN. The minimum atomic E-state index is 0.993. The molecule has 1 aromatic rings. The van der Waals surface area contributed by atoms with Crippen LogP contribution in [0.3, 0.4) is 0 Å². The number of pyridine rings is 1. The lowest BCUT2D eigenvalue weighted by Gasteiger charge is -1.99. The highest BCUT2D eigenvalue weighted by molar-refractivity contribution is 9.09. The number of nitrogens with zero attached hydrogens (tertiary/aromatic N) is 1. The first kappa shape index (κ1) is 8.72. The second kappa shape index (κ2) is 4.50. The summed E-state index contributed by atoms with van der Waals surface area (Å²) in [5, 5.41) is 0.993. The third-order valence-electron chi connectivity index (χ3n) is 1.58. The SMILES string of the molecule is CCc1cccc(CCBr)n1. The van der Waals surface area contributed by atoms with Crippen LogP contribution >= 0.6 is 15.9 Å². The van der Waals surface area contributed by atoms with Crippen molar-refractivity contribution in [3.05, 3.63) is 29.6 Å². The third kappa shape index (κ3) is 2.62. The Balaban J connectivity index is 2.74. The van der Waals surface area contributed by atoms with Gasteiger partial charge in [-0.1, -0.05) is 28.9 Å². The van der Waals surface area contributed by atoms with E-state index in [0.29, 0.717) is 0 Å². The molecule has 0 saturated carbocycles. The molecule has 0 amide bonds. The van der Waals surface area contributed by atoms with Crippen molar-refractivity contribution in [2.24, 2.45) is 0 Å². The predicted molar refractivity (Wildman–Crippen MR) is 51.1 cm³/mol. The van der Waals surface area contributed by atoms with E-state index in [1.165, 1.54) is 11.4 Å². The largest absolute Gasteiger partial charge is 0.258 e. The van der Waals surface area contributed by atoms with Gasteiger partial charge in [0, 0.05) is 16.7 Å². The number of rotatable bonds is 3. The second-order valence-corrected chi connectivity index (χ2v) is 3.21. The van der Waals surface area contributed by atoms with Gasteiger partial charge in [0.15, 0.2) is 0 Å². The lowest BCUT2D eigenvalue weighted by molar-refractivity contribution is 0.962. The zero-order chi connectivity index (χ0) is 8.10. The standard InChI is InChI=1S/C9H12BrN/c1-2-8-4-3-5-9(11-8)6-7-10/h3-5H,2,6-7H2,1H3. The number of aromatic nitrogens is 1. The van der Waals surface area contributed by atoms with Gasteiger partial charge in [-0.25, -0.2) is 0 Å². The zero-order valence-electron chi connectivity index (χ0n) is 6.68. The molecule has 0 N–H and O–H groups in total. The van der Waals surface area contributed by atoms with E-state index in [0.717, 1.165) is 18.2 Å². The van der Waals surface area contributed by atoms with Crippen LogP contribution in [0, 0.1) is 0 Å². The average molecular weight is 214 g/mol. The average Bonchev–Trinajstić information content (AvgIpc) is 2.06. The van der Waals surface area contributed by atoms with E-state index in [9.17, 15) is 0 Å². The van der Waals surface area contributed by atoms with Crippen LogP contribution in [0.15, 0.2) is 18.2 Å². The summed E-state index contributed by atoms with van der Waals surface area (Å²) in [6.45, 7) is 2.13. The maximum Gasteiger partial charge on any atom is 0.0415 e. The van der Waals surface area contributed by atoms with E-state index in [1.54, 1.807) is 0 Å². The number of hydrogen-bond donors (Lipinski definition) is 0. The van der Waals surface area contributed by atoms with Gasteiger partial charge in [0.05, 0.1) is 0 Å². The van der Waals surface area contributed by atoms with Crippen LogP contribution in [0.5, 0.6) is 0 Å². The summed E-state index contributed by atoms with van der Waals surface area (Å²) in [4.78, 5) is 4.45. The first-order valence-electron chi connectivity index (χ1n) is 3.87. The molecule has 0 bridgehead atoms. The Morgan fingerprint density at radius 2 is 2.09 bits per heavy atom. The summed E-state index contributed by atoms with van der Waals surface area (Å²) in [6.07, 6.45) is 2.05. The molecule has 0 aromatic carbocycles. The van der Waals surface area contributed by atoms with Crippen molar-refractivity contribution in [2.45, 2.75) is 19.8 Å². The van der Waals surface area contributed by atoms with E-state index in [4.69, 9.17) is 0 Å². The highest BCUT2D eigenvalue weighted by Crippen LogP contribution is 2.02. The number of alkyl halides is 1. The molecule has 0 unspecified atom stereocenters. The molecule has 0 aliphatic carbocycles. The van der Waals surface area contributed by atoms with Crippen molar-refractivity contribution in [3.8, 4) is 0 Å². The van der Waals surface area contributed by atoms with Gasteiger partial charge in [0.25, 0.3) is 0 Å². The summed E-state index contributed by atoms with van der Waals surface area (Å²) in [6, 6.07) is 6.21. The molecule has 0 radical (unpaired) electrons. The fraction of sp³-hybridized carbons (Fsp3) is 0.444. The van der Waals surface area contributed by atoms with Crippen LogP contribution in [-0.4, -0.2) is 10.3 Å². The predicted octanol–water partition coefficient (Wildman–Crippen LogP) is 2.58. The molecule has 1 aromatic heterocycles. The van der Waals surface area contributed by atoms with Crippen molar-refractivity contribution in [2.75, 3.05) is 5.33 Å². The second-order valence-electron chi connectivity index (χ2n) is 2.41. The van der Waals surface area contributed by atoms with Crippen LogP contribution < -0.4 is 0 Å². The molecule has 1 rings (SSSR count). The van der Waals surface area contributed by atoms with Gasteiger partial charge >= 0.3 is 0 Å². The van der Waals surface area contributed by atoms with Gasteiger partial charge < -0.3 is 0 Å². The topological polar surface area (TPSA) is 12.9 Å². The fourth-order valence-electron chi connectivity index (χ4n) is 0.962. The lowest BCUT2D eigenvalue weighted by Crippen LogP contribution is -1.94. The van der Waals surface area contributed by atoms with Crippen LogP contribution in [-0.2, 0) is 12.8 Å². The Morgan fingerprint density at radius 3 is 2.73 bits per heavy atom. The first-order chi connectivity index (χ1) is 5.36. The molecule has 1 nitrogen and oxygen atoms in total. The maximum absolute atomic E-state index is 4.45. The number of aryl methyl sites for hydroxylation is 2. The summed E-state index contributed by atoms with van der Waals surface area (Å²) in [5.41, 5.74) is 2.37. The van der Waals surface area contributed by atoms with Gasteiger partial charge in [-0.15, -0.1) is 0 Å². The molecule has 2 heteroatoms. The maximum atomic E-state index is 4.45. The molecule has 60 valence electrons. The monoisotopic (exact) mass is 213 g/mol. The molecule has 0 atom stereocenters. The summed E-state index contributed by atoms with van der Waals surface area (Å²) < 4.78 is 0. The van der Waals surface area contributed by atoms with E-state index in [1.807, 2.05) is 0 Å². The highest BCUT2D eigenvalue weighted by Gasteiger charge is 1.93. The van der Waals surface area contributed by atoms with Gasteiger partial charge in [0.2, 0.25) is 0 Å². The molecule has 1 heterocycles. The van der Waals surface area contributed by atoms with Crippen LogP contribution in [0.1, 0.15) is 18.3 Å².